The normalized spacial score (nSPS) is 23.3. The number of para-hydroxylation sites is 1. The molecule has 1 aromatic carbocycles. The van der Waals surface area contributed by atoms with Gasteiger partial charge in [0.05, 0.1) is 0 Å². The van der Waals surface area contributed by atoms with E-state index in [-0.39, 0.29) is 24.1 Å². The lowest BCUT2D eigenvalue weighted by atomic mass is 9.96. The second-order valence-corrected chi connectivity index (χ2v) is 6.15. The lowest BCUT2D eigenvalue weighted by Gasteiger charge is -2.36. The van der Waals surface area contributed by atoms with Gasteiger partial charge in [-0.15, -0.1) is 0 Å². The van der Waals surface area contributed by atoms with E-state index in [1.807, 2.05) is 0 Å². The van der Waals surface area contributed by atoms with Gasteiger partial charge in [0.15, 0.2) is 17.7 Å². The van der Waals surface area contributed by atoms with Crippen LogP contribution in [0.3, 0.4) is 0 Å². The Hall–Kier alpha value is -2.11. The molecule has 1 aromatic rings. The van der Waals surface area contributed by atoms with Crippen molar-refractivity contribution in [2.24, 2.45) is 0 Å². The molecule has 124 valence electrons. The van der Waals surface area contributed by atoms with Crippen LogP contribution in [-0.4, -0.2) is 40.6 Å². The van der Waals surface area contributed by atoms with E-state index >= 15 is 0 Å². The highest BCUT2D eigenvalue weighted by molar-refractivity contribution is 5.83. The second-order valence-electron chi connectivity index (χ2n) is 6.15. The fraction of sp³-hybridized carbons (Fsp3) is 0.529. The number of halogens is 1. The predicted octanol–water partition coefficient (Wildman–Crippen LogP) is 2.38. The molecule has 1 fully saturated rings. The molecule has 2 aliphatic rings. The maximum atomic E-state index is 13.7. The van der Waals surface area contributed by atoms with Gasteiger partial charge in [-0.05, 0) is 31.7 Å². The zero-order chi connectivity index (χ0) is 16.4. The van der Waals surface area contributed by atoms with Crippen LogP contribution in [0.25, 0.3) is 0 Å². The van der Waals surface area contributed by atoms with Crippen LogP contribution in [0.2, 0.25) is 0 Å². The van der Waals surface area contributed by atoms with Gasteiger partial charge in [-0.3, -0.25) is 9.59 Å². The molecule has 2 atom stereocenters. The first-order chi connectivity index (χ1) is 11.1. The highest BCUT2D eigenvalue weighted by Gasteiger charge is 2.37. The van der Waals surface area contributed by atoms with Gasteiger partial charge in [-0.2, -0.15) is 0 Å². The van der Waals surface area contributed by atoms with Crippen molar-refractivity contribution in [1.29, 1.82) is 0 Å². The number of carbonyl (C=O) groups is 2. The summed E-state index contributed by atoms with van der Waals surface area (Å²) in [4.78, 5) is 25.3. The summed E-state index contributed by atoms with van der Waals surface area (Å²) in [5.41, 5.74) is 0.711. The van der Waals surface area contributed by atoms with E-state index in [4.69, 9.17) is 9.84 Å². The number of hydrogen-bond donors (Lipinski definition) is 1. The molecule has 2 heterocycles. The van der Waals surface area contributed by atoms with Gasteiger partial charge in [0.1, 0.15) is 0 Å². The molecular weight excluding hydrogens is 301 g/mol. The number of carbonyl (C=O) groups excluding carboxylic acids is 1. The summed E-state index contributed by atoms with van der Waals surface area (Å²) in [5, 5.41) is 8.86. The number of aliphatic carboxylic acids is 1. The molecule has 0 aromatic heterocycles. The molecule has 2 aliphatic heterocycles. The largest absolute Gasteiger partial charge is 0.481 e. The molecule has 23 heavy (non-hydrogen) atoms. The Morgan fingerprint density at radius 2 is 2.17 bits per heavy atom. The van der Waals surface area contributed by atoms with Crippen molar-refractivity contribution in [3.63, 3.8) is 0 Å². The number of fused-ring (bicyclic) bond motifs is 1. The SMILES string of the molecule is O=C(O)CC[C@@H]1CCCCN1C(=O)[C@H]1Cc2cccc(F)c2O1. The predicted molar refractivity (Wildman–Crippen MR) is 80.7 cm³/mol. The van der Waals surface area contributed by atoms with Crippen LogP contribution in [0.4, 0.5) is 4.39 Å². The van der Waals surface area contributed by atoms with Gasteiger partial charge >= 0.3 is 5.97 Å². The number of rotatable bonds is 4. The monoisotopic (exact) mass is 321 g/mol. The van der Waals surface area contributed by atoms with Crippen LogP contribution in [0.5, 0.6) is 5.75 Å². The van der Waals surface area contributed by atoms with Crippen molar-refractivity contribution in [3.8, 4) is 5.75 Å². The molecular formula is C17H20FNO4. The topological polar surface area (TPSA) is 66.8 Å². The van der Waals surface area contributed by atoms with E-state index in [2.05, 4.69) is 0 Å². The molecule has 0 aliphatic carbocycles. The summed E-state index contributed by atoms with van der Waals surface area (Å²) in [7, 11) is 0. The van der Waals surface area contributed by atoms with Crippen LogP contribution < -0.4 is 4.74 Å². The second kappa shape index (κ2) is 6.56. The Labute approximate surface area is 134 Å². The Morgan fingerprint density at radius 3 is 2.91 bits per heavy atom. The van der Waals surface area contributed by atoms with E-state index < -0.39 is 17.9 Å². The van der Waals surface area contributed by atoms with Crippen LogP contribution in [-0.2, 0) is 16.0 Å². The Kier molecular flexibility index (Phi) is 4.50. The Bertz CT molecular complexity index is 619. The molecule has 0 bridgehead atoms. The molecule has 1 amide bonds. The number of nitrogens with zero attached hydrogens (tertiary/aromatic N) is 1. The quantitative estimate of drug-likeness (QED) is 0.924. The van der Waals surface area contributed by atoms with E-state index in [0.717, 1.165) is 19.3 Å². The number of ether oxygens (including phenoxy) is 1. The Balaban J connectivity index is 1.69. The highest BCUT2D eigenvalue weighted by atomic mass is 19.1. The van der Waals surface area contributed by atoms with Crippen molar-refractivity contribution in [2.75, 3.05) is 6.54 Å². The lowest BCUT2D eigenvalue weighted by molar-refractivity contribution is -0.144. The number of carboxylic acid groups (broad SMARTS) is 1. The van der Waals surface area contributed by atoms with Crippen molar-refractivity contribution >= 4 is 11.9 Å². The fourth-order valence-corrected chi connectivity index (χ4v) is 3.43. The van der Waals surface area contributed by atoms with Crippen molar-refractivity contribution in [2.45, 2.75) is 50.7 Å². The number of likely N-dealkylation sites (tertiary alicyclic amines) is 1. The maximum absolute atomic E-state index is 13.7. The minimum absolute atomic E-state index is 0.0504. The fourth-order valence-electron chi connectivity index (χ4n) is 3.43. The summed E-state index contributed by atoms with van der Waals surface area (Å²) in [5.74, 6) is -1.28. The van der Waals surface area contributed by atoms with E-state index in [0.29, 0.717) is 24.9 Å². The molecule has 3 rings (SSSR count). The van der Waals surface area contributed by atoms with Crippen LogP contribution >= 0.6 is 0 Å². The number of hydrogen-bond acceptors (Lipinski definition) is 3. The third-order valence-electron chi connectivity index (χ3n) is 4.59. The van der Waals surface area contributed by atoms with Crippen LogP contribution in [0, 0.1) is 5.82 Å². The zero-order valence-electron chi connectivity index (χ0n) is 12.8. The van der Waals surface area contributed by atoms with E-state index in [1.54, 1.807) is 17.0 Å². The van der Waals surface area contributed by atoms with E-state index in [1.165, 1.54) is 6.07 Å². The minimum atomic E-state index is -0.852. The number of amides is 1. The highest BCUT2D eigenvalue weighted by Crippen LogP contribution is 2.33. The molecule has 5 nitrogen and oxygen atoms in total. The van der Waals surface area contributed by atoms with Gasteiger partial charge in [0.2, 0.25) is 0 Å². The average Bonchev–Trinajstić information content (AvgIpc) is 2.98. The molecule has 0 radical (unpaired) electrons. The average molecular weight is 321 g/mol. The summed E-state index contributed by atoms with van der Waals surface area (Å²) in [6.07, 6.45) is 2.88. The standard InChI is InChI=1S/C17H20FNO4/c18-13-6-3-4-11-10-14(23-16(11)13)17(22)19-9-2-1-5-12(19)7-8-15(20)21/h3-4,6,12,14H,1-2,5,7-10H2,(H,20,21)/t12-,14+/m0/s1. The summed E-state index contributed by atoms with van der Waals surface area (Å²) in [6, 6.07) is 4.64. The van der Waals surface area contributed by atoms with Crippen molar-refractivity contribution in [1.82, 2.24) is 4.90 Å². The molecule has 0 saturated carbocycles. The lowest BCUT2D eigenvalue weighted by Crippen LogP contribution is -2.49. The third kappa shape index (κ3) is 3.30. The summed E-state index contributed by atoms with van der Waals surface area (Å²) < 4.78 is 19.3. The van der Waals surface area contributed by atoms with Gasteiger partial charge in [-0.1, -0.05) is 12.1 Å². The molecule has 0 spiro atoms. The van der Waals surface area contributed by atoms with Gasteiger partial charge in [-0.25, -0.2) is 4.39 Å². The molecule has 1 N–H and O–H groups in total. The van der Waals surface area contributed by atoms with Crippen LogP contribution in [0.1, 0.15) is 37.7 Å². The van der Waals surface area contributed by atoms with Gasteiger partial charge in [0, 0.05) is 31.0 Å². The first-order valence-corrected chi connectivity index (χ1v) is 8.02. The molecule has 1 saturated heterocycles. The van der Waals surface area contributed by atoms with Gasteiger partial charge < -0.3 is 14.7 Å². The zero-order valence-corrected chi connectivity index (χ0v) is 12.8. The maximum Gasteiger partial charge on any atom is 0.303 e. The number of benzene rings is 1. The van der Waals surface area contributed by atoms with Crippen LogP contribution in [0.15, 0.2) is 18.2 Å². The van der Waals surface area contributed by atoms with E-state index in [9.17, 15) is 14.0 Å². The summed E-state index contributed by atoms with van der Waals surface area (Å²) in [6.45, 7) is 0.613. The van der Waals surface area contributed by atoms with Gasteiger partial charge in [0.25, 0.3) is 5.91 Å². The van der Waals surface area contributed by atoms with Crippen molar-refractivity contribution < 1.29 is 23.8 Å². The minimum Gasteiger partial charge on any atom is -0.481 e. The molecule has 6 heteroatoms. The first-order valence-electron chi connectivity index (χ1n) is 8.02. The number of piperidine rings is 1. The first kappa shape index (κ1) is 15.8. The summed E-state index contributed by atoms with van der Waals surface area (Å²) >= 11 is 0. The van der Waals surface area contributed by atoms with Crippen molar-refractivity contribution in [3.05, 3.63) is 29.6 Å². The number of carboxylic acids is 1. The smallest absolute Gasteiger partial charge is 0.303 e. The molecule has 0 unspecified atom stereocenters. The third-order valence-corrected chi connectivity index (χ3v) is 4.59. The Morgan fingerprint density at radius 1 is 1.35 bits per heavy atom.